The molecule has 0 bridgehead atoms. The number of carbonyl (C=O) groups is 3. The zero-order valence-corrected chi connectivity index (χ0v) is 68.0. The molecule has 0 unspecified atom stereocenters. The molecule has 9 aromatic carbocycles. The maximum atomic E-state index is 15.4. The molecule has 0 saturated heterocycles. The second-order valence-electron chi connectivity index (χ2n) is 28.0. The molecule has 0 radical (unpaired) electrons. The van der Waals surface area contributed by atoms with Crippen molar-refractivity contribution in [3.05, 3.63) is 273 Å². The van der Waals surface area contributed by atoms with Crippen molar-refractivity contribution in [1.82, 2.24) is 13.7 Å². The Hall–Kier alpha value is -9.21. The van der Waals surface area contributed by atoms with Crippen LogP contribution in [-0.4, -0.2) is 72.6 Å². The van der Waals surface area contributed by atoms with Crippen LogP contribution in [0.2, 0.25) is 0 Å². The predicted octanol–water partition coefficient (Wildman–Crippen LogP) is 13.2. The fourth-order valence-corrected chi connectivity index (χ4v) is 14.2. The van der Waals surface area contributed by atoms with Gasteiger partial charge >= 0.3 is 54.6 Å². The van der Waals surface area contributed by atoms with Crippen molar-refractivity contribution in [1.29, 1.82) is 0 Å². The molecular weight excluding hydrogens is 1540 g/mol. The number of aromatic nitrogens is 3. The number of hydrogen-bond donors (Lipinski definition) is 6. The second kappa shape index (κ2) is 41.7. The van der Waals surface area contributed by atoms with Gasteiger partial charge < -0.3 is 75.2 Å². The Labute approximate surface area is 692 Å². The van der Waals surface area contributed by atoms with Crippen molar-refractivity contribution in [3.63, 3.8) is 0 Å². The molecule has 15 rings (SSSR count). The van der Waals surface area contributed by atoms with Crippen molar-refractivity contribution >= 4 is 91.5 Å². The number of esters is 2. The van der Waals surface area contributed by atoms with Crippen LogP contribution in [0.1, 0.15) is 102 Å². The number of carbonyl (C=O) groups excluding carboxylic acids is 2. The fourth-order valence-electron chi connectivity index (χ4n) is 13.5. The van der Waals surface area contributed by atoms with Gasteiger partial charge in [0, 0.05) is 145 Å². The zero-order chi connectivity index (χ0) is 77.4. The third-order valence-corrected chi connectivity index (χ3v) is 20.4. The minimum Gasteiger partial charge on any atom is -0.870 e. The largest absolute Gasteiger partial charge is 1.00 e. The van der Waals surface area contributed by atoms with Gasteiger partial charge in [0.2, 0.25) is 0 Å². The van der Waals surface area contributed by atoms with Crippen LogP contribution in [0.5, 0.6) is 17.2 Å². The smallest absolute Gasteiger partial charge is 0.870 e. The van der Waals surface area contributed by atoms with Gasteiger partial charge in [-0.2, -0.15) is 0 Å². The number of benzene rings is 9. The van der Waals surface area contributed by atoms with Crippen molar-refractivity contribution in [2.75, 3.05) is 13.2 Å². The molecule has 3 fully saturated rings. The van der Waals surface area contributed by atoms with Gasteiger partial charge in [-0.25, -0.2) is 13.2 Å². The molecule has 0 spiro atoms. The average molecular weight is 1630 g/mol. The van der Waals surface area contributed by atoms with Gasteiger partial charge in [0.1, 0.15) is 54.5 Å². The van der Waals surface area contributed by atoms with E-state index in [0.29, 0.717) is 71.0 Å². The van der Waals surface area contributed by atoms with Crippen LogP contribution < -0.4 is 66.4 Å². The molecule has 12 aromatic rings. The van der Waals surface area contributed by atoms with Gasteiger partial charge in [0.05, 0.1) is 32.5 Å². The number of carboxylic acids is 1. The van der Waals surface area contributed by atoms with Crippen LogP contribution >= 0.6 is 28.3 Å². The summed E-state index contributed by atoms with van der Waals surface area (Å²) in [6.07, 6.45) is 14.2. The Morgan fingerprint density at radius 2 is 0.788 bits per heavy atom. The molecule has 25 heteroatoms. The average Bonchev–Trinajstić information content (AvgIpc) is 1.58. The third-order valence-electron chi connectivity index (χ3n) is 19.8. The van der Waals surface area contributed by atoms with E-state index in [1.807, 2.05) is 85.8 Å². The molecular formula is C88H93BBrClF3N6NaO12. The molecule has 0 amide bonds. The second-order valence-corrected chi connectivity index (χ2v) is 28.8. The summed E-state index contributed by atoms with van der Waals surface area (Å²) in [5, 5.41) is 29.8. The first-order valence-electron chi connectivity index (χ1n) is 37.4. The van der Waals surface area contributed by atoms with Gasteiger partial charge in [0.15, 0.2) is 0 Å². The number of para-hydroxylation sites is 3. The Balaban J connectivity index is 0.000000180. The number of nitrogens with two attached hydrogens (primary N) is 3. The number of carboxylic acid groups (broad SMARTS) is 1. The maximum Gasteiger partial charge on any atom is 1.00 e. The molecule has 18 nitrogen and oxygen atoms in total. The van der Waals surface area contributed by atoms with E-state index in [1.165, 1.54) is 67.6 Å². The number of halogens is 5. The molecule has 3 heterocycles. The van der Waals surface area contributed by atoms with Crippen LogP contribution in [0.15, 0.2) is 205 Å². The van der Waals surface area contributed by atoms with Gasteiger partial charge in [-0.1, -0.05) is 125 Å². The first kappa shape index (κ1) is 87.8. The van der Waals surface area contributed by atoms with Crippen molar-refractivity contribution < 1.29 is 101 Å². The van der Waals surface area contributed by atoms with Crippen LogP contribution in [0, 0.1) is 35.2 Å². The summed E-state index contributed by atoms with van der Waals surface area (Å²) in [5.74, 6) is 1.46. The van der Waals surface area contributed by atoms with E-state index in [0.717, 1.165) is 96.5 Å². The number of rotatable bonds is 29. The molecule has 3 saturated carbocycles. The van der Waals surface area contributed by atoms with E-state index in [-0.39, 0.29) is 134 Å². The first-order valence-corrected chi connectivity index (χ1v) is 38.1. The third kappa shape index (κ3) is 23.1. The van der Waals surface area contributed by atoms with E-state index < -0.39 is 18.9 Å². The van der Waals surface area contributed by atoms with Crippen LogP contribution in [-0.2, 0) is 102 Å². The summed E-state index contributed by atoms with van der Waals surface area (Å²) >= 11 is 3.70. The molecule has 586 valence electrons. The summed E-state index contributed by atoms with van der Waals surface area (Å²) in [4.78, 5) is 35.1. The van der Waals surface area contributed by atoms with E-state index >= 15 is 8.78 Å². The Morgan fingerprint density at radius 3 is 1.15 bits per heavy atom. The van der Waals surface area contributed by atoms with Crippen molar-refractivity contribution in [2.45, 2.75) is 131 Å². The summed E-state index contributed by atoms with van der Waals surface area (Å²) in [6, 6.07) is 56.1. The SMILES string of the molecule is CCOC(=O)Cc1ccccc1OCc1cc(-c2cccc(CN)c2F)c2ccn(CC3CC3)c2c1.CCOC(=O)Cc1ccccc1OCc1cc(Br)c2ccn(CC3CC3)c2c1.Cl.NCc1cccc(-c2cc(COc3ccccc3CC(=O)O)cc3c2ccn3CC2CC2)c1F.NCc1cccc(B(O)O)c1F.[Na+].[OH-]. The van der Waals surface area contributed by atoms with E-state index in [9.17, 15) is 23.9 Å². The topological polar surface area (TPSA) is 281 Å². The minimum atomic E-state index is -1.78. The number of hydrogen-bond acceptors (Lipinski definition) is 14. The Morgan fingerprint density at radius 1 is 0.451 bits per heavy atom. The molecule has 3 aliphatic carbocycles. The van der Waals surface area contributed by atoms with Crippen LogP contribution in [0.4, 0.5) is 13.2 Å². The number of ether oxygens (including phenoxy) is 5. The van der Waals surface area contributed by atoms with Crippen LogP contribution in [0.3, 0.4) is 0 Å². The van der Waals surface area contributed by atoms with Crippen molar-refractivity contribution in [3.8, 4) is 39.5 Å². The Kier molecular flexibility index (Phi) is 32.4. The van der Waals surface area contributed by atoms with Gasteiger partial charge in [-0.05, 0) is 171 Å². The molecule has 3 aliphatic rings. The molecule has 10 N–H and O–H groups in total. The molecule has 0 atom stereocenters. The first-order chi connectivity index (χ1) is 53.4. The van der Waals surface area contributed by atoms with E-state index in [2.05, 4.69) is 90.7 Å². The van der Waals surface area contributed by atoms with E-state index in [4.69, 9.17) is 50.9 Å². The Bertz CT molecular complexity index is 5240. The quantitative estimate of drug-likeness (QED) is 0.0188. The zero-order valence-electron chi connectivity index (χ0n) is 63.6. The molecule has 0 aliphatic heterocycles. The van der Waals surface area contributed by atoms with Gasteiger partial charge in [-0.3, -0.25) is 14.4 Å². The standard InChI is InChI=1S/C30H31FN2O3.C28H27FN2O3.C23H24BrNO3.C7H9BFNO2.ClH.Na.H2O/c1-2-35-29(34)16-22-6-3-4-9-28(22)36-19-21-14-26(25-8-5-7-23(17-32)30(25)31)24-12-13-33(27(24)15-21)18-20-10-11-20;29-28-21(15-30)5-3-6-23(28)24-12-19(13-25-22(24)10-11-31(25)16-18-8-9-18)17-34-26-7-2-1-4-20(26)14-27(32)33;1-2-27-23(26)13-18-5-3-4-6-22(18)28-15-17-11-20(24)19-9-10-25(21(19)12-17)14-16-7-8-16;9-7-5(4-10)2-1-3-6(7)8(11)12;;;/h3-9,12-15,20H,2,10-11,16-19,32H2,1H3;1-7,10-13,18H,8-9,14-17,30H2,(H,32,33);3-6,9-12,16H,2,7-8,13-15H2,1H3;1-3,11-12H,4,10H2;1H;;1H2/q;;;;;+1;/p-1. The summed E-state index contributed by atoms with van der Waals surface area (Å²) < 4.78 is 80.2. The number of aliphatic carboxylic acids is 1. The predicted molar refractivity (Wildman–Crippen MR) is 436 cm³/mol. The number of nitrogens with zero attached hydrogens (tertiary/aromatic N) is 3. The normalized spacial score (nSPS) is 12.7. The van der Waals surface area contributed by atoms with E-state index in [1.54, 1.807) is 49.4 Å². The number of fused-ring (bicyclic) bond motifs is 3. The summed E-state index contributed by atoms with van der Waals surface area (Å²) in [6.45, 7) is 8.62. The van der Waals surface area contributed by atoms with Crippen molar-refractivity contribution in [2.24, 2.45) is 35.0 Å². The molecule has 113 heavy (non-hydrogen) atoms. The van der Waals surface area contributed by atoms with Gasteiger partial charge in [0.25, 0.3) is 0 Å². The maximum absolute atomic E-state index is 15.4. The summed E-state index contributed by atoms with van der Waals surface area (Å²) in [5.41, 5.74) is 29.1. The minimum absolute atomic E-state index is 0. The fraction of sp³-hybridized carbons (Fsp3) is 0.284. The van der Waals surface area contributed by atoms with Crippen LogP contribution in [0.25, 0.3) is 55.0 Å². The van der Waals surface area contributed by atoms with Gasteiger partial charge in [-0.15, -0.1) is 12.4 Å². The summed E-state index contributed by atoms with van der Waals surface area (Å²) in [7, 11) is -1.78. The monoisotopic (exact) mass is 1630 g/mol. The molecule has 3 aromatic heterocycles.